The summed E-state index contributed by atoms with van der Waals surface area (Å²) in [5, 5.41) is 8.87. The predicted molar refractivity (Wildman–Crippen MR) is 78.5 cm³/mol. The van der Waals surface area contributed by atoms with Gasteiger partial charge >= 0.3 is 0 Å². The zero-order chi connectivity index (χ0) is 13.2. The number of benzene rings is 2. The summed E-state index contributed by atoms with van der Waals surface area (Å²) in [6.07, 6.45) is 1.90. The molecule has 0 aliphatic heterocycles. The molecule has 0 aliphatic rings. The quantitative estimate of drug-likeness (QED) is 0.774. The van der Waals surface area contributed by atoms with Gasteiger partial charge in [0.2, 0.25) is 0 Å². The first-order valence-electron chi connectivity index (χ1n) is 6.50. The minimum Gasteiger partial charge on any atom is -0.313 e. The van der Waals surface area contributed by atoms with E-state index in [1.165, 1.54) is 5.56 Å². The Balaban J connectivity index is 2.02. The van der Waals surface area contributed by atoms with E-state index in [4.69, 9.17) is 0 Å². The van der Waals surface area contributed by atoms with Crippen molar-refractivity contribution in [2.24, 2.45) is 0 Å². The lowest BCUT2D eigenvalue weighted by Crippen LogP contribution is -2.12. The first-order chi connectivity index (χ1) is 9.29. The fourth-order valence-corrected chi connectivity index (χ4v) is 2.25. The van der Waals surface area contributed by atoms with Crippen molar-refractivity contribution in [2.75, 3.05) is 7.05 Å². The highest BCUT2D eigenvalue weighted by atomic mass is 15.3. The average Bonchev–Trinajstić information content (AvgIpc) is 2.90. The van der Waals surface area contributed by atoms with Crippen LogP contribution in [0.3, 0.4) is 0 Å². The van der Waals surface area contributed by atoms with Gasteiger partial charge in [-0.05, 0) is 37.7 Å². The summed E-state index contributed by atoms with van der Waals surface area (Å²) in [5.41, 5.74) is 3.51. The fraction of sp³-hybridized carbons (Fsp3) is 0.188. The second-order valence-corrected chi connectivity index (χ2v) is 4.72. The summed E-state index contributed by atoms with van der Waals surface area (Å²) < 4.78 is 1.98. The standard InChI is InChI=1S/C16H17N3/c1-12(17-2)13-7-9-15(10-8-13)19-16-6-4-3-5-14(16)11-18-19/h3-12,17H,1-2H3. The number of rotatable bonds is 3. The normalized spacial score (nSPS) is 12.7. The van der Waals surface area contributed by atoms with Crippen molar-refractivity contribution in [1.29, 1.82) is 0 Å². The van der Waals surface area contributed by atoms with Crippen LogP contribution in [0.15, 0.2) is 54.7 Å². The predicted octanol–water partition coefficient (Wildman–Crippen LogP) is 3.31. The molecule has 3 aromatic rings. The molecule has 0 radical (unpaired) electrons. The molecule has 1 unspecified atom stereocenters. The first kappa shape index (κ1) is 11.9. The van der Waals surface area contributed by atoms with E-state index in [1.807, 2.05) is 30.1 Å². The largest absolute Gasteiger partial charge is 0.313 e. The number of fused-ring (bicyclic) bond motifs is 1. The molecule has 19 heavy (non-hydrogen) atoms. The lowest BCUT2D eigenvalue weighted by molar-refractivity contribution is 0.652. The smallest absolute Gasteiger partial charge is 0.0741 e. The summed E-state index contributed by atoms with van der Waals surface area (Å²) >= 11 is 0. The fourth-order valence-electron chi connectivity index (χ4n) is 2.25. The Labute approximate surface area is 112 Å². The summed E-state index contributed by atoms with van der Waals surface area (Å²) in [6.45, 7) is 2.15. The van der Waals surface area contributed by atoms with Crippen molar-refractivity contribution >= 4 is 10.9 Å². The number of hydrogen-bond donors (Lipinski definition) is 1. The summed E-state index contributed by atoms with van der Waals surface area (Å²) in [7, 11) is 1.97. The number of nitrogens with zero attached hydrogens (tertiary/aromatic N) is 2. The third-order valence-electron chi connectivity index (χ3n) is 3.55. The highest BCUT2D eigenvalue weighted by molar-refractivity contribution is 5.80. The SMILES string of the molecule is CNC(C)c1ccc(-n2ncc3ccccc32)cc1. The zero-order valence-electron chi connectivity index (χ0n) is 11.2. The topological polar surface area (TPSA) is 29.9 Å². The van der Waals surface area contributed by atoms with Crippen molar-refractivity contribution in [1.82, 2.24) is 15.1 Å². The Kier molecular flexibility index (Phi) is 3.05. The molecule has 0 saturated heterocycles. The van der Waals surface area contributed by atoms with E-state index >= 15 is 0 Å². The van der Waals surface area contributed by atoms with Crippen molar-refractivity contribution in [3.8, 4) is 5.69 Å². The molecule has 2 aromatic carbocycles. The van der Waals surface area contributed by atoms with Gasteiger partial charge in [-0.2, -0.15) is 5.10 Å². The van der Waals surface area contributed by atoms with E-state index in [2.05, 4.69) is 53.7 Å². The van der Waals surface area contributed by atoms with E-state index in [-0.39, 0.29) is 0 Å². The Bertz CT molecular complexity index is 683. The van der Waals surface area contributed by atoms with E-state index in [0.29, 0.717) is 6.04 Å². The summed E-state index contributed by atoms with van der Waals surface area (Å²) in [6, 6.07) is 17.1. The second-order valence-electron chi connectivity index (χ2n) is 4.72. The first-order valence-corrected chi connectivity index (χ1v) is 6.50. The van der Waals surface area contributed by atoms with Gasteiger partial charge in [0.1, 0.15) is 0 Å². The molecule has 0 saturated carbocycles. The van der Waals surface area contributed by atoms with Crippen LogP contribution in [0.2, 0.25) is 0 Å². The molecule has 3 rings (SSSR count). The molecule has 1 atom stereocenters. The molecule has 0 amide bonds. The van der Waals surface area contributed by atoms with E-state index in [9.17, 15) is 0 Å². The van der Waals surface area contributed by atoms with Crippen LogP contribution in [0.5, 0.6) is 0 Å². The van der Waals surface area contributed by atoms with Gasteiger partial charge in [0, 0.05) is 11.4 Å². The highest BCUT2D eigenvalue weighted by Crippen LogP contribution is 2.19. The van der Waals surface area contributed by atoms with Gasteiger partial charge in [-0.25, -0.2) is 4.68 Å². The summed E-state index contributed by atoms with van der Waals surface area (Å²) in [4.78, 5) is 0. The molecule has 0 bridgehead atoms. The van der Waals surface area contributed by atoms with Crippen LogP contribution in [-0.4, -0.2) is 16.8 Å². The molecule has 0 fully saturated rings. The van der Waals surface area contributed by atoms with E-state index < -0.39 is 0 Å². The molecule has 1 N–H and O–H groups in total. The third kappa shape index (κ3) is 2.13. The van der Waals surface area contributed by atoms with Crippen LogP contribution >= 0.6 is 0 Å². The molecule has 1 aromatic heterocycles. The lowest BCUT2D eigenvalue weighted by atomic mass is 10.1. The van der Waals surface area contributed by atoms with Crippen LogP contribution in [0, 0.1) is 0 Å². The highest BCUT2D eigenvalue weighted by Gasteiger charge is 2.06. The lowest BCUT2D eigenvalue weighted by Gasteiger charge is -2.11. The average molecular weight is 251 g/mol. The van der Waals surface area contributed by atoms with Gasteiger partial charge in [0.05, 0.1) is 17.4 Å². The Morgan fingerprint density at radius 2 is 1.79 bits per heavy atom. The minimum absolute atomic E-state index is 0.364. The van der Waals surface area contributed by atoms with Crippen molar-refractivity contribution < 1.29 is 0 Å². The summed E-state index contributed by atoms with van der Waals surface area (Å²) in [5.74, 6) is 0. The van der Waals surface area contributed by atoms with Crippen LogP contribution in [0.1, 0.15) is 18.5 Å². The maximum atomic E-state index is 4.46. The minimum atomic E-state index is 0.364. The van der Waals surface area contributed by atoms with Gasteiger partial charge in [-0.1, -0.05) is 30.3 Å². The number of nitrogens with one attached hydrogen (secondary N) is 1. The molecule has 0 aliphatic carbocycles. The molecule has 3 heteroatoms. The van der Waals surface area contributed by atoms with Gasteiger partial charge < -0.3 is 5.32 Å². The van der Waals surface area contributed by atoms with Crippen LogP contribution in [0.4, 0.5) is 0 Å². The van der Waals surface area contributed by atoms with Gasteiger partial charge in [-0.15, -0.1) is 0 Å². The van der Waals surface area contributed by atoms with Gasteiger partial charge in [0.15, 0.2) is 0 Å². The van der Waals surface area contributed by atoms with Crippen LogP contribution < -0.4 is 5.32 Å². The van der Waals surface area contributed by atoms with E-state index in [1.54, 1.807) is 0 Å². The second kappa shape index (κ2) is 4.86. The molecule has 1 heterocycles. The monoisotopic (exact) mass is 251 g/mol. The van der Waals surface area contributed by atoms with Crippen molar-refractivity contribution in [2.45, 2.75) is 13.0 Å². The maximum Gasteiger partial charge on any atom is 0.0741 e. The van der Waals surface area contributed by atoms with Crippen molar-refractivity contribution in [3.63, 3.8) is 0 Å². The number of hydrogen-bond acceptors (Lipinski definition) is 2. The van der Waals surface area contributed by atoms with Crippen LogP contribution in [0.25, 0.3) is 16.6 Å². The van der Waals surface area contributed by atoms with Gasteiger partial charge in [-0.3, -0.25) is 0 Å². The Morgan fingerprint density at radius 1 is 1.05 bits per heavy atom. The van der Waals surface area contributed by atoms with E-state index in [0.717, 1.165) is 16.6 Å². The van der Waals surface area contributed by atoms with Crippen molar-refractivity contribution in [3.05, 3.63) is 60.3 Å². The maximum absolute atomic E-state index is 4.46. The van der Waals surface area contributed by atoms with Gasteiger partial charge in [0.25, 0.3) is 0 Å². The number of para-hydroxylation sites is 1. The molecule has 3 nitrogen and oxygen atoms in total. The third-order valence-corrected chi connectivity index (χ3v) is 3.55. The molecule has 0 spiro atoms. The molecular weight excluding hydrogens is 234 g/mol. The number of aromatic nitrogens is 2. The Hall–Kier alpha value is -2.13. The van der Waals surface area contributed by atoms with Crippen LogP contribution in [-0.2, 0) is 0 Å². The Morgan fingerprint density at radius 3 is 2.53 bits per heavy atom. The zero-order valence-corrected chi connectivity index (χ0v) is 11.2. The molecule has 96 valence electrons. The molecular formula is C16H17N3.